The van der Waals surface area contributed by atoms with Crippen LogP contribution in [0.15, 0.2) is 0 Å². The molecule has 2 amide bonds. The highest BCUT2D eigenvalue weighted by atomic mass is 16.2. The predicted octanol–water partition coefficient (Wildman–Crippen LogP) is 0.727. The molecule has 0 bridgehead atoms. The van der Waals surface area contributed by atoms with E-state index < -0.39 is 0 Å². The topological polar surface area (TPSA) is 66.6 Å². The zero-order chi connectivity index (χ0) is 13.8. The van der Waals surface area contributed by atoms with Crippen molar-refractivity contribution in [1.82, 2.24) is 9.80 Å². The summed E-state index contributed by atoms with van der Waals surface area (Å²) in [5.41, 5.74) is 5.71. The number of rotatable bonds is 5. The van der Waals surface area contributed by atoms with Gasteiger partial charge in [-0.2, -0.15) is 0 Å². The Morgan fingerprint density at radius 2 is 2.11 bits per heavy atom. The van der Waals surface area contributed by atoms with Gasteiger partial charge in [0.2, 0.25) is 11.8 Å². The molecule has 0 spiro atoms. The first-order valence-corrected chi connectivity index (χ1v) is 7.43. The third-order valence-electron chi connectivity index (χ3n) is 4.08. The molecule has 2 rings (SSSR count). The lowest BCUT2D eigenvalue weighted by molar-refractivity contribution is -0.157. The summed E-state index contributed by atoms with van der Waals surface area (Å²) in [6.45, 7) is 3.72. The van der Waals surface area contributed by atoms with Crippen molar-refractivity contribution in [2.45, 2.75) is 57.5 Å². The van der Waals surface area contributed by atoms with Crippen molar-refractivity contribution in [3.05, 3.63) is 0 Å². The molecule has 2 unspecified atom stereocenters. The minimum atomic E-state index is -0.177. The summed E-state index contributed by atoms with van der Waals surface area (Å²) in [7, 11) is 0. The summed E-state index contributed by atoms with van der Waals surface area (Å²) in [6.07, 6.45) is 5.85. The molecule has 108 valence electrons. The van der Waals surface area contributed by atoms with E-state index in [1.54, 1.807) is 9.80 Å². The van der Waals surface area contributed by atoms with Crippen LogP contribution in [-0.4, -0.2) is 53.3 Å². The summed E-state index contributed by atoms with van der Waals surface area (Å²) in [5.74, 6) is 0.275. The maximum Gasteiger partial charge on any atom is 0.245 e. The van der Waals surface area contributed by atoms with E-state index in [4.69, 9.17) is 5.73 Å². The Morgan fingerprint density at radius 1 is 1.32 bits per heavy atom. The maximum absolute atomic E-state index is 12.3. The van der Waals surface area contributed by atoms with E-state index in [0.29, 0.717) is 6.54 Å². The number of amides is 2. The smallest absolute Gasteiger partial charge is 0.245 e. The largest absolute Gasteiger partial charge is 0.332 e. The zero-order valence-electron chi connectivity index (χ0n) is 11.8. The van der Waals surface area contributed by atoms with Crippen LogP contribution in [0.4, 0.5) is 0 Å². The van der Waals surface area contributed by atoms with Gasteiger partial charge in [0, 0.05) is 19.1 Å². The van der Waals surface area contributed by atoms with Gasteiger partial charge in [0.25, 0.3) is 0 Å². The SMILES string of the molecule is CC(N)CCCCN1CC(=O)N2CCCCC2C1=O. The van der Waals surface area contributed by atoms with Gasteiger partial charge in [-0.15, -0.1) is 0 Å². The van der Waals surface area contributed by atoms with E-state index in [-0.39, 0.29) is 30.4 Å². The molecule has 0 radical (unpaired) electrons. The van der Waals surface area contributed by atoms with Crippen molar-refractivity contribution in [2.75, 3.05) is 19.6 Å². The Hall–Kier alpha value is -1.10. The van der Waals surface area contributed by atoms with Crippen LogP contribution in [0.3, 0.4) is 0 Å². The van der Waals surface area contributed by atoms with Crippen LogP contribution in [0.5, 0.6) is 0 Å². The molecule has 0 aromatic carbocycles. The average Bonchev–Trinajstić information content (AvgIpc) is 2.40. The Kier molecular flexibility index (Phi) is 4.80. The number of carbonyl (C=O) groups is 2. The Labute approximate surface area is 115 Å². The Bertz CT molecular complexity index is 344. The second kappa shape index (κ2) is 6.37. The van der Waals surface area contributed by atoms with Gasteiger partial charge in [0.1, 0.15) is 6.04 Å². The zero-order valence-corrected chi connectivity index (χ0v) is 11.8. The molecule has 2 atom stereocenters. The van der Waals surface area contributed by atoms with Gasteiger partial charge < -0.3 is 15.5 Å². The van der Waals surface area contributed by atoms with Gasteiger partial charge in [-0.25, -0.2) is 0 Å². The second-order valence-corrected chi connectivity index (χ2v) is 5.83. The van der Waals surface area contributed by atoms with Gasteiger partial charge in [0.05, 0.1) is 6.54 Å². The van der Waals surface area contributed by atoms with Gasteiger partial charge in [-0.3, -0.25) is 9.59 Å². The van der Waals surface area contributed by atoms with Crippen LogP contribution < -0.4 is 5.73 Å². The van der Waals surface area contributed by atoms with Crippen molar-refractivity contribution < 1.29 is 9.59 Å². The van der Waals surface area contributed by atoms with Crippen LogP contribution in [0.25, 0.3) is 0 Å². The summed E-state index contributed by atoms with van der Waals surface area (Å²) in [6, 6.07) is 0.0379. The first-order valence-electron chi connectivity index (χ1n) is 7.43. The lowest BCUT2D eigenvalue weighted by Crippen LogP contribution is -2.61. The fourth-order valence-electron chi connectivity index (χ4n) is 2.99. The highest BCUT2D eigenvalue weighted by Crippen LogP contribution is 2.23. The third-order valence-corrected chi connectivity index (χ3v) is 4.08. The molecule has 5 nitrogen and oxygen atoms in total. The molecule has 2 saturated heterocycles. The summed E-state index contributed by atoms with van der Waals surface area (Å²) in [4.78, 5) is 27.9. The number of nitrogens with two attached hydrogens (primary N) is 1. The van der Waals surface area contributed by atoms with Crippen LogP contribution in [0.1, 0.15) is 45.4 Å². The van der Waals surface area contributed by atoms with Crippen LogP contribution in [0.2, 0.25) is 0 Å². The summed E-state index contributed by atoms with van der Waals surface area (Å²) in [5, 5.41) is 0. The molecule has 0 aliphatic carbocycles. The van der Waals surface area contributed by atoms with Crippen LogP contribution in [-0.2, 0) is 9.59 Å². The standard InChI is InChI=1S/C14H25N3O2/c1-11(15)6-2-4-8-16-10-13(18)17-9-5-3-7-12(17)14(16)19/h11-12H,2-10,15H2,1H3. The highest BCUT2D eigenvalue weighted by Gasteiger charge is 2.39. The van der Waals surface area contributed by atoms with Gasteiger partial charge in [0.15, 0.2) is 0 Å². The molecule has 19 heavy (non-hydrogen) atoms. The molecule has 5 heteroatoms. The van der Waals surface area contributed by atoms with E-state index in [0.717, 1.165) is 45.1 Å². The molecule has 0 saturated carbocycles. The fraction of sp³-hybridized carbons (Fsp3) is 0.857. The van der Waals surface area contributed by atoms with Gasteiger partial charge >= 0.3 is 0 Å². The minimum absolute atomic E-state index is 0.122. The molecule has 2 N–H and O–H groups in total. The van der Waals surface area contributed by atoms with E-state index in [2.05, 4.69) is 0 Å². The molecule has 0 aromatic heterocycles. The van der Waals surface area contributed by atoms with Crippen LogP contribution >= 0.6 is 0 Å². The normalized spacial score (nSPS) is 25.5. The molecule has 2 fully saturated rings. The van der Waals surface area contributed by atoms with Crippen molar-refractivity contribution in [1.29, 1.82) is 0 Å². The van der Waals surface area contributed by atoms with E-state index in [1.165, 1.54) is 0 Å². The lowest BCUT2D eigenvalue weighted by Gasteiger charge is -2.42. The monoisotopic (exact) mass is 267 g/mol. The number of carbonyl (C=O) groups excluding carboxylic acids is 2. The van der Waals surface area contributed by atoms with Crippen molar-refractivity contribution >= 4 is 11.8 Å². The molecule has 2 aliphatic rings. The van der Waals surface area contributed by atoms with E-state index in [9.17, 15) is 9.59 Å². The molecule has 2 aliphatic heterocycles. The van der Waals surface area contributed by atoms with Crippen molar-refractivity contribution in [3.8, 4) is 0 Å². The Morgan fingerprint density at radius 3 is 2.84 bits per heavy atom. The average molecular weight is 267 g/mol. The van der Waals surface area contributed by atoms with E-state index in [1.807, 2.05) is 6.92 Å². The summed E-state index contributed by atoms with van der Waals surface area (Å²) < 4.78 is 0. The predicted molar refractivity (Wildman–Crippen MR) is 73.4 cm³/mol. The number of piperidine rings is 1. The first-order chi connectivity index (χ1) is 9.09. The maximum atomic E-state index is 12.3. The van der Waals surface area contributed by atoms with E-state index >= 15 is 0 Å². The second-order valence-electron chi connectivity index (χ2n) is 5.83. The quantitative estimate of drug-likeness (QED) is 0.747. The number of hydrogen-bond donors (Lipinski definition) is 1. The number of nitrogens with zero attached hydrogens (tertiary/aromatic N) is 2. The molecule has 0 aromatic rings. The highest BCUT2D eigenvalue weighted by molar-refractivity contribution is 5.95. The third kappa shape index (κ3) is 3.47. The fourth-order valence-corrected chi connectivity index (χ4v) is 2.99. The Balaban J connectivity index is 1.84. The van der Waals surface area contributed by atoms with Crippen LogP contribution in [0, 0.1) is 0 Å². The number of piperazine rings is 1. The number of hydrogen-bond acceptors (Lipinski definition) is 3. The van der Waals surface area contributed by atoms with Crippen molar-refractivity contribution in [2.24, 2.45) is 5.73 Å². The first kappa shape index (κ1) is 14.3. The summed E-state index contributed by atoms with van der Waals surface area (Å²) >= 11 is 0. The lowest BCUT2D eigenvalue weighted by atomic mass is 9.98. The minimum Gasteiger partial charge on any atom is -0.332 e. The molecule has 2 heterocycles. The van der Waals surface area contributed by atoms with Gasteiger partial charge in [-0.05, 0) is 39.0 Å². The molecular formula is C14H25N3O2. The van der Waals surface area contributed by atoms with Crippen molar-refractivity contribution in [3.63, 3.8) is 0 Å². The number of fused-ring (bicyclic) bond motifs is 1. The molecular weight excluding hydrogens is 242 g/mol. The number of unbranched alkanes of at least 4 members (excludes halogenated alkanes) is 1. The van der Waals surface area contributed by atoms with Gasteiger partial charge in [-0.1, -0.05) is 6.42 Å².